The molecule has 2 amide bonds. The first-order chi connectivity index (χ1) is 13.0. The lowest BCUT2D eigenvalue weighted by Crippen LogP contribution is -2.56. The van der Waals surface area contributed by atoms with Gasteiger partial charge < -0.3 is 14.5 Å². The van der Waals surface area contributed by atoms with Crippen LogP contribution in [-0.2, 0) is 20.9 Å². The Labute approximate surface area is 158 Å². The van der Waals surface area contributed by atoms with Gasteiger partial charge in [0.1, 0.15) is 12.2 Å². The van der Waals surface area contributed by atoms with Crippen molar-refractivity contribution in [3.63, 3.8) is 0 Å². The van der Waals surface area contributed by atoms with Crippen molar-refractivity contribution in [2.45, 2.75) is 31.9 Å². The maximum atomic E-state index is 12.6. The van der Waals surface area contributed by atoms with Crippen molar-refractivity contribution in [2.24, 2.45) is 0 Å². The first kappa shape index (κ1) is 17.7. The molecule has 0 aliphatic carbocycles. The summed E-state index contributed by atoms with van der Waals surface area (Å²) in [5, 5.41) is 4.32. The highest BCUT2D eigenvalue weighted by Crippen LogP contribution is 2.32. The van der Waals surface area contributed by atoms with Gasteiger partial charge in [-0.15, -0.1) is 0 Å². The number of ether oxygens (including phenoxy) is 1. The van der Waals surface area contributed by atoms with E-state index in [0.717, 1.165) is 17.8 Å². The van der Waals surface area contributed by atoms with Crippen LogP contribution in [-0.4, -0.2) is 58.3 Å². The molecule has 1 aromatic carbocycles. The van der Waals surface area contributed by atoms with E-state index in [2.05, 4.69) is 5.10 Å². The topological polar surface area (TPSA) is 67.7 Å². The molecule has 2 saturated heterocycles. The molecule has 27 heavy (non-hydrogen) atoms. The summed E-state index contributed by atoms with van der Waals surface area (Å²) in [6.45, 7) is 4.24. The molecule has 0 saturated carbocycles. The Kier molecular flexibility index (Phi) is 4.70. The van der Waals surface area contributed by atoms with Crippen molar-refractivity contribution in [2.75, 3.05) is 31.1 Å². The zero-order chi connectivity index (χ0) is 18.9. The molecular weight excluding hydrogens is 344 g/mol. The minimum Gasteiger partial charge on any atom is -0.361 e. The number of carbonyl (C=O) groups is 2. The number of morpholine rings is 1. The molecule has 7 nitrogen and oxygen atoms in total. The second-order valence-corrected chi connectivity index (χ2v) is 7.32. The second-order valence-electron chi connectivity index (χ2n) is 7.32. The number of nitrogens with zero attached hydrogens (tertiary/aromatic N) is 4. The number of anilines is 1. The van der Waals surface area contributed by atoms with Crippen LogP contribution in [0.15, 0.2) is 42.6 Å². The summed E-state index contributed by atoms with van der Waals surface area (Å²) in [6.07, 6.45) is 3.05. The molecule has 1 aromatic heterocycles. The number of aryl methyl sites for hydroxylation is 2. The van der Waals surface area contributed by atoms with Crippen LogP contribution in [0, 0.1) is 6.92 Å². The van der Waals surface area contributed by atoms with Crippen molar-refractivity contribution in [1.29, 1.82) is 0 Å². The van der Waals surface area contributed by atoms with E-state index in [4.69, 9.17) is 4.74 Å². The molecule has 142 valence electrons. The number of hydrogen-bond donors (Lipinski definition) is 0. The van der Waals surface area contributed by atoms with Gasteiger partial charge >= 0.3 is 0 Å². The Bertz CT molecular complexity index is 835. The number of benzene rings is 1. The minimum absolute atomic E-state index is 0.0364. The molecule has 1 atom stereocenters. The maximum Gasteiger partial charge on any atom is 0.253 e. The van der Waals surface area contributed by atoms with E-state index in [1.165, 1.54) is 0 Å². The van der Waals surface area contributed by atoms with E-state index in [-0.39, 0.29) is 18.4 Å². The maximum absolute atomic E-state index is 12.6. The van der Waals surface area contributed by atoms with Gasteiger partial charge in [0.05, 0.1) is 18.8 Å². The molecule has 2 aliphatic rings. The van der Waals surface area contributed by atoms with Gasteiger partial charge in [0.15, 0.2) is 0 Å². The molecule has 0 radical (unpaired) electrons. The highest BCUT2D eigenvalue weighted by Gasteiger charge is 2.46. The number of para-hydroxylation sites is 1. The largest absolute Gasteiger partial charge is 0.361 e. The molecule has 0 N–H and O–H groups in total. The van der Waals surface area contributed by atoms with E-state index in [0.29, 0.717) is 32.6 Å². The summed E-state index contributed by atoms with van der Waals surface area (Å²) in [6, 6.07) is 11.6. The van der Waals surface area contributed by atoms with Crippen LogP contribution in [0.4, 0.5) is 5.69 Å². The molecule has 1 spiro atoms. The van der Waals surface area contributed by atoms with E-state index >= 15 is 0 Å². The van der Waals surface area contributed by atoms with Gasteiger partial charge in [-0.1, -0.05) is 18.2 Å². The van der Waals surface area contributed by atoms with E-state index in [1.807, 2.05) is 54.4 Å². The third-order valence-electron chi connectivity index (χ3n) is 5.31. The van der Waals surface area contributed by atoms with Crippen molar-refractivity contribution in [1.82, 2.24) is 14.7 Å². The van der Waals surface area contributed by atoms with Crippen molar-refractivity contribution in [3.05, 3.63) is 48.3 Å². The van der Waals surface area contributed by atoms with Crippen LogP contribution < -0.4 is 4.90 Å². The highest BCUT2D eigenvalue weighted by atomic mass is 16.5. The predicted octanol–water partition coefficient (Wildman–Crippen LogP) is 1.62. The van der Waals surface area contributed by atoms with Crippen LogP contribution in [0.5, 0.6) is 0 Å². The number of aromatic nitrogens is 2. The van der Waals surface area contributed by atoms with Crippen molar-refractivity contribution >= 4 is 17.5 Å². The van der Waals surface area contributed by atoms with Gasteiger partial charge in [-0.05, 0) is 31.5 Å². The summed E-state index contributed by atoms with van der Waals surface area (Å²) in [5.41, 5.74) is 1.36. The van der Waals surface area contributed by atoms with Crippen molar-refractivity contribution in [3.8, 4) is 0 Å². The fourth-order valence-corrected chi connectivity index (χ4v) is 3.82. The highest BCUT2D eigenvalue weighted by molar-refractivity contribution is 5.95. The Morgan fingerprint density at radius 2 is 2.04 bits per heavy atom. The van der Waals surface area contributed by atoms with Gasteiger partial charge in [0.2, 0.25) is 5.91 Å². The number of likely N-dealkylation sites (tertiary alicyclic amines) is 1. The first-order valence-electron chi connectivity index (χ1n) is 9.32. The number of hydrogen-bond acceptors (Lipinski definition) is 4. The fraction of sp³-hybridized carbons (Fsp3) is 0.450. The predicted molar refractivity (Wildman–Crippen MR) is 100 cm³/mol. The second kappa shape index (κ2) is 7.15. The molecule has 1 unspecified atom stereocenters. The van der Waals surface area contributed by atoms with Gasteiger partial charge in [-0.3, -0.25) is 14.3 Å². The molecule has 2 aromatic rings. The smallest absolute Gasteiger partial charge is 0.253 e. The fourth-order valence-electron chi connectivity index (χ4n) is 3.82. The summed E-state index contributed by atoms with van der Waals surface area (Å²) in [7, 11) is 0. The Morgan fingerprint density at radius 3 is 2.78 bits per heavy atom. The summed E-state index contributed by atoms with van der Waals surface area (Å²) in [5.74, 6) is 0.0671. The molecule has 2 aliphatic heterocycles. The Hall–Kier alpha value is -2.67. The third-order valence-corrected chi connectivity index (χ3v) is 5.31. The first-order valence-corrected chi connectivity index (χ1v) is 9.32. The van der Waals surface area contributed by atoms with Crippen molar-refractivity contribution < 1.29 is 14.3 Å². The molecular formula is C20H24N4O3. The molecule has 4 rings (SSSR count). The minimum atomic E-state index is -0.471. The van der Waals surface area contributed by atoms with Crippen LogP contribution in [0.3, 0.4) is 0 Å². The average molecular weight is 368 g/mol. The third kappa shape index (κ3) is 3.73. The lowest BCUT2D eigenvalue weighted by Gasteiger charge is -2.40. The SMILES string of the molecule is Cc1ccn(CCC(=O)N2CCC3(C2)CN(c2ccccc2)C(=O)CO3)n1. The zero-order valence-electron chi connectivity index (χ0n) is 15.5. The Morgan fingerprint density at radius 1 is 1.22 bits per heavy atom. The van der Waals surface area contributed by atoms with Crippen LogP contribution in [0.1, 0.15) is 18.5 Å². The van der Waals surface area contributed by atoms with Gasteiger partial charge in [-0.25, -0.2) is 0 Å². The quantitative estimate of drug-likeness (QED) is 0.822. The van der Waals surface area contributed by atoms with E-state index in [1.54, 1.807) is 9.58 Å². The van der Waals surface area contributed by atoms with Crippen LogP contribution in [0.25, 0.3) is 0 Å². The molecule has 7 heteroatoms. The average Bonchev–Trinajstić information content (AvgIpc) is 3.29. The van der Waals surface area contributed by atoms with Gasteiger partial charge in [-0.2, -0.15) is 5.10 Å². The normalized spacial score (nSPS) is 22.6. The van der Waals surface area contributed by atoms with Crippen LogP contribution >= 0.6 is 0 Å². The number of carbonyl (C=O) groups excluding carboxylic acids is 2. The summed E-state index contributed by atoms with van der Waals surface area (Å²) >= 11 is 0. The Balaban J connectivity index is 1.38. The summed E-state index contributed by atoms with van der Waals surface area (Å²) < 4.78 is 7.73. The van der Waals surface area contributed by atoms with E-state index < -0.39 is 5.60 Å². The molecule has 2 fully saturated rings. The number of rotatable bonds is 4. The zero-order valence-corrected chi connectivity index (χ0v) is 15.5. The lowest BCUT2D eigenvalue weighted by molar-refractivity contribution is -0.139. The molecule has 0 bridgehead atoms. The summed E-state index contributed by atoms with van der Waals surface area (Å²) in [4.78, 5) is 28.6. The lowest BCUT2D eigenvalue weighted by atomic mass is 10.00. The van der Waals surface area contributed by atoms with Gasteiger partial charge in [0, 0.05) is 31.4 Å². The monoisotopic (exact) mass is 368 g/mol. The van der Waals surface area contributed by atoms with E-state index in [9.17, 15) is 9.59 Å². The van der Waals surface area contributed by atoms with Gasteiger partial charge in [0.25, 0.3) is 5.91 Å². The number of amides is 2. The van der Waals surface area contributed by atoms with Crippen LogP contribution in [0.2, 0.25) is 0 Å². The molecule has 3 heterocycles. The standard InChI is InChI=1S/C20H24N4O3/c1-16-7-10-23(21-16)11-8-18(25)22-12-9-20(14-22)15-24(19(26)13-27-20)17-5-3-2-4-6-17/h2-7,10H,8-9,11-15H2,1H3.